The van der Waals surface area contributed by atoms with Crippen LogP contribution in [0.4, 0.5) is 22.7 Å². The van der Waals surface area contributed by atoms with E-state index in [0.717, 1.165) is 66.9 Å². The number of para-hydroxylation sites is 3. The summed E-state index contributed by atoms with van der Waals surface area (Å²) in [6.07, 6.45) is 1.91. The van der Waals surface area contributed by atoms with Crippen molar-refractivity contribution in [3.8, 4) is 17.3 Å². The molecule has 0 fully saturated rings. The van der Waals surface area contributed by atoms with E-state index in [-0.39, 0.29) is 31.9 Å². The zero-order valence-corrected chi connectivity index (χ0v) is 35.0. The van der Waals surface area contributed by atoms with Gasteiger partial charge in [-0.3, -0.25) is 0 Å². The summed E-state index contributed by atoms with van der Waals surface area (Å²) in [7, 11) is 0. The summed E-state index contributed by atoms with van der Waals surface area (Å²) in [6, 6.07) is 51.3. The molecule has 0 unspecified atom stereocenters. The Kier molecular flexibility index (Phi) is 8.82. The Bertz CT molecular complexity index is 2980. The molecule has 0 amide bonds. The van der Waals surface area contributed by atoms with Gasteiger partial charge < -0.3 is 23.5 Å². The fraction of sp³-hybridized carbons (Fsp3) is 0.160. The predicted molar refractivity (Wildman–Crippen MR) is 229 cm³/mol. The van der Waals surface area contributed by atoms with Crippen LogP contribution in [-0.4, -0.2) is 9.55 Å². The van der Waals surface area contributed by atoms with Crippen molar-refractivity contribution >= 4 is 66.5 Å². The van der Waals surface area contributed by atoms with Crippen LogP contribution in [0, 0.1) is 18.8 Å². The number of pyridine rings is 1. The number of fused-ring (bicyclic) bond motifs is 7. The van der Waals surface area contributed by atoms with E-state index in [1.807, 2.05) is 48.7 Å². The van der Waals surface area contributed by atoms with Crippen LogP contribution in [0.2, 0.25) is 0 Å². The van der Waals surface area contributed by atoms with E-state index in [1.165, 1.54) is 16.5 Å². The number of nitrogens with zero attached hydrogens (tertiary/aromatic N) is 4. The standard InChI is InChI=1S/C50H41N4O2.Pt/c1-49(2,3)32-21-24-40-39(27-32)37-23-22-36(30-44(37)54(40)47-28-33(25-26-51-47)50(4,5)6)55-35-14-11-13-34(29-35)52-31-53(42-17-9-8-16-41(42)52)43-18-12-20-46-48(43)38-15-7-10-19-45(38)56-46;/h7-28,31H,1-6H3;/q-3;. The fourth-order valence-corrected chi connectivity index (χ4v) is 7.90. The number of benzene rings is 6. The summed E-state index contributed by atoms with van der Waals surface area (Å²) in [5.41, 5.74) is 10.2. The van der Waals surface area contributed by atoms with Crippen molar-refractivity contribution in [1.82, 2.24) is 9.55 Å². The average Bonchev–Trinajstić information content (AvgIpc) is 3.87. The molecule has 7 heteroatoms. The molecule has 4 heterocycles. The zero-order chi connectivity index (χ0) is 38.3. The summed E-state index contributed by atoms with van der Waals surface area (Å²) < 4.78 is 15.1. The molecule has 6 aromatic carbocycles. The molecule has 0 spiro atoms. The third-order valence-corrected chi connectivity index (χ3v) is 10.9. The predicted octanol–water partition coefficient (Wildman–Crippen LogP) is 13.5. The maximum atomic E-state index is 6.61. The van der Waals surface area contributed by atoms with Crippen molar-refractivity contribution in [2.24, 2.45) is 0 Å². The zero-order valence-electron chi connectivity index (χ0n) is 32.7. The van der Waals surface area contributed by atoms with Gasteiger partial charge in [-0.1, -0.05) is 95.6 Å². The second-order valence-electron chi connectivity index (χ2n) is 16.6. The number of furan rings is 1. The van der Waals surface area contributed by atoms with Gasteiger partial charge in [-0.2, -0.15) is 12.1 Å². The largest absolute Gasteiger partial charge is 0.509 e. The molecule has 57 heavy (non-hydrogen) atoms. The smallest absolute Gasteiger partial charge is 0.137 e. The molecule has 1 aliphatic heterocycles. The van der Waals surface area contributed by atoms with E-state index >= 15 is 0 Å². The van der Waals surface area contributed by atoms with Crippen molar-refractivity contribution in [2.45, 2.75) is 52.4 Å². The molecule has 0 saturated carbocycles. The summed E-state index contributed by atoms with van der Waals surface area (Å²) in [4.78, 5) is 9.28. The first-order valence-corrected chi connectivity index (χ1v) is 19.1. The molecule has 10 rings (SSSR count). The number of ether oxygens (including phenoxy) is 1. The van der Waals surface area contributed by atoms with Crippen LogP contribution in [0.15, 0.2) is 138 Å². The third kappa shape index (κ3) is 6.27. The quantitative estimate of drug-likeness (QED) is 0.161. The Balaban J connectivity index is 0.00000422. The second kappa shape index (κ2) is 13.7. The molecule has 1 aliphatic rings. The molecule has 0 bridgehead atoms. The minimum Gasteiger partial charge on any atom is -0.509 e. The Hall–Kier alpha value is -5.84. The van der Waals surface area contributed by atoms with Gasteiger partial charge in [-0.05, 0) is 75.9 Å². The van der Waals surface area contributed by atoms with Gasteiger partial charge in [0.2, 0.25) is 0 Å². The Morgan fingerprint density at radius 1 is 0.596 bits per heavy atom. The molecule has 0 atom stereocenters. The first-order chi connectivity index (χ1) is 27.0. The monoisotopic (exact) mass is 924 g/mol. The van der Waals surface area contributed by atoms with Crippen LogP contribution in [0.5, 0.6) is 11.5 Å². The van der Waals surface area contributed by atoms with Gasteiger partial charge >= 0.3 is 0 Å². The Labute approximate surface area is 347 Å². The Morgan fingerprint density at radius 2 is 1.28 bits per heavy atom. The van der Waals surface area contributed by atoms with Crippen LogP contribution in [0.3, 0.4) is 0 Å². The van der Waals surface area contributed by atoms with Gasteiger partial charge in [0.25, 0.3) is 0 Å². The van der Waals surface area contributed by atoms with Crippen LogP contribution in [-0.2, 0) is 31.9 Å². The summed E-state index contributed by atoms with van der Waals surface area (Å²) >= 11 is 0. The summed E-state index contributed by atoms with van der Waals surface area (Å²) in [6.45, 7) is 15.6. The van der Waals surface area contributed by atoms with Gasteiger partial charge in [0.15, 0.2) is 0 Å². The molecule has 0 N–H and O–H groups in total. The second-order valence-corrected chi connectivity index (χ2v) is 16.6. The minimum atomic E-state index is -0.0278. The molecule has 9 aromatic rings. The summed E-state index contributed by atoms with van der Waals surface area (Å²) in [5.74, 6) is 2.05. The molecular formula is C50H41N4O2Pt-3. The van der Waals surface area contributed by atoms with E-state index < -0.39 is 0 Å². The van der Waals surface area contributed by atoms with Crippen LogP contribution >= 0.6 is 0 Å². The van der Waals surface area contributed by atoms with E-state index in [1.54, 1.807) is 0 Å². The SMILES string of the molecule is CC(C)(C)c1ccnc(-n2c3[c-]c(Oc4[c-]c(N5[CH-]N(c6cccc7oc8ccccc8c67)c6ccccc65)ccc4)ccc3c3cc(C(C)(C)C)ccc32)c1.[Pt]. The first kappa shape index (κ1) is 36.8. The number of hydrogen-bond acceptors (Lipinski definition) is 5. The normalized spacial score (nSPS) is 13.2. The molecule has 0 aliphatic carbocycles. The maximum Gasteiger partial charge on any atom is 0.137 e. The number of rotatable bonds is 5. The molecule has 0 radical (unpaired) electrons. The van der Waals surface area contributed by atoms with Crippen molar-refractivity contribution < 1.29 is 30.2 Å². The molecular weight excluding hydrogens is 884 g/mol. The van der Waals surface area contributed by atoms with E-state index in [9.17, 15) is 0 Å². The third-order valence-electron chi connectivity index (χ3n) is 10.9. The Morgan fingerprint density at radius 3 is 2.09 bits per heavy atom. The van der Waals surface area contributed by atoms with Crippen molar-refractivity contribution in [2.75, 3.05) is 9.80 Å². The van der Waals surface area contributed by atoms with Crippen molar-refractivity contribution in [3.05, 3.63) is 164 Å². The van der Waals surface area contributed by atoms with E-state index in [4.69, 9.17) is 14.1 Å². The van der Waals surface area contributed by atoms with Crippen LogP contribution in [0.1, 0.15) is 52.7 Å². The maximum absolute atomic E-state index is 6.61. The summed E-state index contributed by atoms with van der Waals surface area (Å²) in [5, 5.41) is 4.43. The average molecular weight is 925 g/mol. The van der Waals surface area contributed by atoms with E-state index in [0.29, 0.717) is 11.5 Å². The topological polar surface area (TPSA) is 46.7 Å². The van der Waals surface area contributed by atoms with Gasteiger partial charge in [-0.25, -0.2) is 4.98 Å². The molecule has 3 aromatic heterocycles. The fourth-order valence-electron chi connectivity index (χ4n) is 7.90. The van der Waals surface area contributed by atoms with E-state index in [2.05, 4.69) is 160 Å². The van der Waals surface area contributed by atoms with Gasteiger partial charge in [0.05, 0.1) is 0 Å². The van der Waals surface area contributed by atoms with Crippen LogP contribution in [0.25, 0.3) is 49.6 Å². The number of anilines is 4. The van der Waals surface area contributed by atoms with Crippen molar-refractivity contribution in [1.29, 1.82) is 0 Å². The molecule has 0 saturated heterocycles. The van der Waals surface area contributed by atoms with Crippen molar-refractivity contribution in [3.63, 3.8) is 0 Å². The van der Waals surface area contributed by atoms with Gasteiger partial charge in [0.1, 0.15) is 17.0 Å². The first-order valence-electron chi connectivity index (χ1n) is 19.1. The van der Waals surface area contributed by atoms with Gasteiger partial charge in [-0.15, -0.1) is 48.1 Å². The van der Waals surface area contributed by atoms with Crippen LogP contribution < -0.4 is 14.5 Å². The van der Waals surface area contributed by atoms with Gasteiger partial charge in [0, 0.05) is 72.1 Å². The molecule has 6 nitrogen and oxygen atoms in total. The number of aromatic nitrogens is 2. The minimum absolute atomic E-state index is 0. The number of hydrogen-bond donors (Lipinski definition) is 0. The molecule has 286 valence electrons.